The highest BCUT2D eigenvalue weighted by atomic mass is 32.1. The van der Waals surface area contributed by atoms with E-state index in [-0.39, 0.29) is 12.0 Å². The molecule has 3 rings (SSSR count). The zero-order valence-corrected chi connectivity index (χ0v) is 19.7. The molecule has 1 aromatic carbocycles. The van der Waals surface area contributed by atoms with Crippen molar-refractivity contribution in [2.75, 3.05) is 43.6 Å². The predicted molar refractivity (Wildman–Crippen MR) is 125 cm³/mol. The third-order valence-electron chi connectivity index (χ3n) is 5.46. The second-order valence-electron chi connectivity index (χ2n) is 7.24. The number of carbonyl (C=O) groups is 3. The number of rotatable bonds is 7. The van der Waals surface area contributed by atoms with E-state index in [2.05, 4.69) is 24.1 Å². The van der Waals surface area contributed by atoms with E-state index < -0.39 is 5.97 Å². The molecular formula is C23H29N3O5S. The number of ether oxygens (including phenoxy) is 2. The molecule has 1 N–H and O–H groups in total. The van der Waals surface area contributed by atoms with Crippen molar-refractivity contribution in [1.82, 2.24) is 4.90 Å². The van der Waals surface area contributed by atoms with Crippen molar-refractivity contribution in [3.8, 4) is 0 Å². The monoisotopic (exact) mass is 459 g/mol. The Morgan fingerprint density at radius 1 is 1.12 bits per heavy atom. The summed E-state index contributed by atoms with van der Waals surface area (Å²) in [6.45, 7) is 8.76. The molecule has 32 heavy (non-hydrogen) atoms. The summed E-state index contributed by atoms with van der Waals surface area (Å²) < 4.78 is 10.1. The van der Waals surface area contributed by atoms with Gasteiger partial charge in [0.2, 0.25) is 0 Å². The molecule has 1 aliphatic rings. The van der Waals surface area contributed by atoms with Gasteiger partial charge in [0.05, 0.1) is 25.8 Å². The smallest absolute Gasteiger partial charge is 0.410 e. The zero-order chi connectivity index (χ0) is 23.3. The number of nitrogens with one attached hydrogen (secondary N) is 1. The van der Waals surface area contributed by atoms with Gasteiger partial charge in [0.15, 0.2) is 0 Å². The van der Waals surface area contributed by atoms with Crippen LogP contribution in [0.1, 0.15) is 51.9 Å². The number of esters is 1. The number of thiophene rings is 1. The molecule has 2 heterocycles. The van der Waals surface area contributed by atoms with Crippen molar-refractivity contribution in [1.29, 1.82) is 0 Å². The van der Waals surface area contributed by atoms with Crippen LogP contribution < -0.4 is 10.2 Å². The third kappa shape index (κ3) is 4.88. The molecule has 0 saturated heterocycles. The number of benzene rings is 1. The van der Waals surface area contributed by atoms with E-state index in [0.29, 0.717) is 42.2 Å². The first-order valence-electron chi connectivity index (χ1n) is 10.7. The molecule has 2 aromatic rings. The molecule has 0 saturated carbocycles. The Kier molecular flexibility index (Phi) is 7.74. The Balaban J connectivity index is 1.84. The normalized spacial score (nSPS) is 12.7. The first kappa shape index (κ1) is 23.6. The van der Waals surface area contributed by atoms with E-state index in [1.807, 2.05) is 12.1 Å². The fourth-order valence-corrected chi connectivity index (χ4v) is 5.01. The predicted octanol–water partition coefficient (Wildman–Crippen LogP) is 4.15. The van der Waals surface area contributed by atoms with Gasteiger partial charge < -0.3 is 24.6 Å². The molecule has 0 fully saturated rings. The third-order valence-corrected chi connectivity index (χ3v) is 6.59. The molecule has 0 spiro atoms. The summed E-state index contributed by atoms with van der Waals surface area (Å²) in [7, 11) is 1.32. The number of amides is 2. The van der Waals surface area contributed by atoms with E-state index >= 15 is 0 Å². The molecule has 1 aromatic heterocycles. The maximum atomic E-state index is 12.9. The molecule has 0 unspecified atom stereocenters. The van der Waals surface area contributed by atoms with Crippen LogP contribution in [0.3, 0.4) is 0 Å². The fraction of sp³-hybridized carbons (Fsp3) is 0.435. The van der Waals surface area contributed by atoms with Gasteiger partial charge in [0.25, 0.3) is 5.91 Å². The van der Waals surface area contributed by atoms with Gasteiger partial charge >= 0.3 is 12.1 Å². The molecular weight excluding hydrogens is 430 g/mol. The van der Waals surface area contributed by atoms with Gasteiger partial charge in [-0.3, -0.25) is 4.79 Å². The number of carbonyl (C=O) groups excluding carboxylic acids is 3. The van der Waals surface area contributed by atoms with E-state index in [1.54, 1.807) is 24.0 Å². The Morgan fingerprint density at radius 2 is 1.81 bits per heavy atom. The summed E-state index contributed by atoms with van der Waals surface area (Å²) >= 11 is 1.29. The van der Waals surface area contributed by atoms with Crippen LogP contribution in [-0.2, 0) is 22.4 Å². The van der Waals surface area contributed by atoms with Gasteiger partial charge in [-0.05, 0) is 57.0 Å². The Bertz CT molecular complexity index is 982. The maximum Gasteiger partial charge on any atom is 0.410 e. The summed E-state index contributed by atoms with van der Waals surface area (Å²) in [5, 5.41) is 3.31. The SMILES string of the molecule is CCOC(=O)N1CCc2c(sc(NC(=O)c3ccc(N(CC)CC)cc3)c2C(=O)OC)C1. The largest absolute Gasteiger partial charge is 0.465 e. The Labute approximate surface area is 192 Å². The maximum absolute atomic E-state index is 12.9. The van der Waals surface area contributed by atoms with Crippen LogP contribution in [0, 0.1) is 0 Å². The Hall–Kier alpha value is -3.07. The number of anilines is 2. The summed E-state index contributed by atoms with van der Waals surface area (Å²) in [5.41, 5.74) is 2.72. The lowest BCUT2D eigenvalue weighted by Gasteiger charge is -2.26. The molecule has 0 aliphatic carbocycles. The minimum absolute atomic E-state index is 0.300. The molecule has 8 nitrogen and oxygen atoms in total. The summed E-state index contributed by atoms with van der Waals surface area (Å²) in [5.74, 6) is -0.804. The quantitative estimate of drug-likeness (QED) is 0.626. The van der Waals surface area contributed by atoms with Crippen LogP contribution in [0.5, 0.6) is 0 Å². The average Bonchev–Trinajstić information content (AvgIpc) is 3.16. The van der Waals surface area contributed by atoms with Gasteiger partial charge in [-0.15, -0.1) is 11.3 Å². The van der Waals surface area contributed by atoms with Gasteiger partial charge in [-0.25, -0.2) is 9.59 Å². The number of hydrogen-bond donors (Lipinski definition) is 1. The first-order chi connectivity index (χ1) is 15.4. The highest BCUT2D eigenvalue weighted by Gasteiger charge is 2.31. The number of hydrogen-bond acceptors (Lipinski definition) is 7. The molecule has 2 amide bonds. The molecule has 0 bridgehead atoms. The van der Waals surface area contributed by atoms with Crippen LogP contribution in [0.25, 0.3) is 0 Å². The molecule has 9 heteroatoms. The number of fused-ring (bicyclic) bond motifs is 1. The van der Waals surface area contributed by atoms with E-state index in [1.165, 1.54) is 18.4 Å². The van der Waals surface area contributed by atoms with E-state index in [4.69, 9.17) is 9.47 Å². The Morgan fingerprint density at radius 3 is 2.41 bits per heavy atom. The van der Waals surface area contributed by atoms with Crippen LogP contribution >= 0.6 is 11.3 Å². The lowest BCUT2D eigenvalue weighted by Crippen LogP contribution is -2.36. The van der Waals surface area contributed by atoms with Crippen molar-refractivity contribution < 1.29 is 23.9 Å². The first-order valence-corrected chi connectivity index (χ1v) is 11.6. The minimum Gasteiger partial charge on any atom is -0.465 e. The van der Waals surface area contributed by atoms with Crippen molar-refractivity contribution >= 4 is 40.0 Å². The standard InChI is InChI=1S/C23H29N3O5S/c1-5-25(6-2)16-10-8-15(9-11-16)20(27)24-21-19(22(28)30-4)17-12-13-26(14-18(17)32-21)23(29)31-7-3/h8-11H,5-7,12-14H2,1-4H3,(H,24,27). The van der Waals surface area contributed by atoms with E-state index in [0.717, 1.165) is 29.2 Å². The van der Waals surface area contributed by atoms with Gasteiger partial charge in [-0.2, -0.15) is 0 Å². The lowest BCUT2D eigenvalue weighted by atomic mass is 10.0. The van der Waals surface area contributed by atoms with Crippen LogP contribution in [-0.4, -0.2) is 56.2 Å². The van der Waals surface area contributed by atoms with Gasteiger partial charge in [0.1, 0.15) is 5.00 Å². The van der Waals surface area contributed by atoms with E-state index in [9.17, 15) is 14.4 Å². The molecule has 172 valence electrons. The second-order valence-corrected chi connectivity index (χ2v) is 8.35. The average molecular weight is 460 g/mol. The molecule has 0 atom stereocenters. The van der Waals surface area contributed by atoms with Crippen LogP contribution in [0.4, 0.5) is 15.5 Å². The van der Waals surface area contributed by atoms with Crippen molar-refractivity contribution in [3.05, 3.63) is 45.8 Å². The van der Waals surface area contributed by atoms with Crippen LogP contribution in [0.2, 0.25) is 0 Å². The van der Waals surface area contributed by atoms with Crippen LogP contribution in [0.15, 0.2) is 24.3 Å². The topological polar surface area (TPSA) is 88.2 Å². The molecule has 0 radical (unpaired) electrons. The fourth-order valence-electron chi connectivity index (χ4n) is 3.77. The highest BCUT2D eigenvalue weighted by molar-refractivity contribution is 7.17. The van der Waals surface area contributed by atoms with Gasteiger partial charge in [0, 0.05) is 35.8 Å². The second kappa shape index (κ2) is 10.5. The van der Waals surface area contributed by atoms with Gasteiger partial charge in [-0.1, -0.05) is 0 Å². The lowest BCUT2D eigenvalue weighted by molar-refractivity contribution is 0.0600. The molecule has 1 aliphatic heterocycles. The summed E-state index contributed by atoms with van der Waals surface area (Å²) in [6, 6.07) is 7.38. The number of nitrogens with zero attached hydrogens (tertiary/aromatic N) is 2. The van der Waals surface area contributed by atoms with Crippen molar-refractivity contribution in [2.45, 2.75) is 33.7 Å². The zero-order valence-electron chi connectivity index (χ0n) is 18.9. The number of methoxy groups -OCH3 is 1. The van der Waals surface area contributed by atoms with Crippen molar-refractivity contribution in [3.63, 3.8) is 0 Å². The summed E-state index contributed by atoms with van der Waals surface area (Å²) in [6.07, 6.45) is 0.105. The van der Waals surface area contributed by atoms with Crippen molar-refractivity contribution in [2.24, 2.45) is 0 Å². The summed E-state index contributed by atoms with van der Waals surface area (Å²) in [4.78, 5) is 42.2. The minimum atomic E-state index is -0.501. The highest BCUT2D eigenvalue weighted by Crippen LogP contribution is 2.38.